The Kier molecular flexibility index (Phi) is 6.31. The number of sulfonamides is 1. The fourth-order valence-electron chi connectivity index (χ4n) is 2.27. The first-order valence-corrected chi connectivity index (χ1v) is 8.92. The lowest BCUT2D eigenvalue weighted by Gasteiger charge is -2.11. The number of hydrogen-bond donors (Lipinski definition) is 1. The predicted molar refractivity (Wildman–Crippen MR) is 80.7 cm³/mol. The molecule has 0 saturated carbocycles. The van der Waals surface area contributed by atoms with Crippen molar-refractivity contribution < 1.29 is 22.3 Å². The fourth-order valence-corrected chi connectivity index (χ4v) is 3.50. The van der Waals surface area contributed by atoms with E-state index >= 15 is 0 Å². The smallest absolute Gasteiger partial charge is 0.243 e. The van der Waals surface area contributed by atoms with Crippen LogP contribution in [0, 0.1) is 12.7 Å². The lowest BCUT2D eigenvalue weighted by atomic mass is 10.2. The summed E-state index contributed by atoms with van der Waals surface area (Å²) in [5, 5.41) is 0. The lowest BCUT2D eigenvalue weighted by molar-refractivity contribution is 0.0169. The van der Waals surface area contributed by atoms with Gasteiger partial charge in [0.1, 0.15) is 10.7 Å². The number of halogens is 1. The second-order valence-corrected chi connectivity index (χ2v) is 7.13. The maximum atomic E-state index is 13.6. The zero-order valence-corrected chi connectivity index (χ0v) is 13.5. The number of benzene rings is 1. The van der Waals surface area contributed by atoms with Gasteiger partial charge >= 0.3 is 0 Å². The molecule has 1 aromatic rings. The highest BCUT2D eigenvalue weighted by Gasteiger charge is 2.18. The van der Waals surface area contributed by atoms with Gasteiger partial charge in [0, 0.05) is 19.8 Å². The van der Waals surface area contributed by atoms with Gasteiger partial charge in [-0.2, -0.15) is 0 Å². The Labute approximate surface area is 130 Å². The number of nitrogens with one attached hydrogen (secondary N) is 1. The van der Waals surface area contributed by atoms with Gasteiger partial charge in [-0.3, -0.25) is 0 Å². The zero-order valence-electron chi connectivity index (χ0n) is 12.7. The van der Waals surface area contributed by atoms with Crippen LogP contribution in [-0.4, -0.2) is 40.9 Å². The van der Waals surface area contributed by atoms with Crippen molar-refractivity contribution in [3.05, 3.63) is 29.6 Å². The largest absolute Gasteiger partial charge is 0.379 e. The van der Waals surface area contributed by atoms with Crippen LogP contribution in [0.15, 0.2) is 23.1 Å². The van der Waals surface area contributed by atoms with E-state index in [0.29, 0.717) is 25.2 Å². The Morgan fingerprint density at radius 3 is 3.00 bits per heavy atom. The van der Waals surface area contributed by atoms with Crippen LogP contribution < -0.4 is 4.72 Å². The SMILES string of the molecule is Cc1ccc(F)c(S(=O)(=O)NCCCOC[C@H]2CCCO2)c1. The van der Waals surface area contributed by atoms with E-state index in [1.54, 1.807) is 6.92 Å². The van der Waals surface area contributed by atoms with Gasteiger partial charge in [-0.1, -0.05) is 6.07 Å². The van der Waals surface area contributed by atoms with Crippen molar-refractivity contribution in [2.24, 2.45) is 0 Å². The third kappa shape index (κ3) is 5.01. The Balaban J connectivity index is 1.72. The molecule has 0 aromatic heterocycles. The molecule has 1 heterocycles. The molecule has 1 atom stereocenters. The summed E-state index contributed by atoms with van der Waals surface area (Å²) in [6.07, 6.45) is 2.77. The third-order valence-corrected chi connectivity index (χ3v) is 4.94. The molecule has 124 valence electrons. The summed E-state index contributed by atoms with van der Waals surface area (Å²) in [6.45, 7) is 3.70. The molecule has 5 nitrogen and oxygen atoms in total. The van der Waals surface area contributed by atoms with Crippen LogP contribution in [-0.2, 0) is 19.5 Å². The second kappa shape index (κ2) is 8.01. The number of hydrogen-bond acceptors (Lipinski definition) is 4. The molecule has 1 aliphatic rings. The first kappa shape index (κ1) is 17.3. The van der Waals surface area contributed by atoms with Gasteiger partial charge in [0.15, 0.2) is 0 Å². The second-order valence-electron chi connectivity index (χ2n) is 5.40. The van der Waals surface area contributed by atoms with Gasteiger partial charge in [-0.15, -0.1) is 0 Å². The molecule has 1 N–H and O–H groups in total. The van der Waals surface area contributed by atoms with E-state index in [0.717, 1.165) is 25.5 Å². The minimum atomic E-state index is -3.82. The topological polar surface area (TPSA) is 64.6 Å². The maximum Gasteiger partial charge on any atom is 0.243 e. The van der Waals surface area contributed by atoms with Crippen molar-refractivity contribution in [3.8, 4) is 0 Å². The van der Waals surface area contributed by atoms with Crippen molar-refractivity contribution in [1.29, 1.82) is 0 Å². The highest BCUT2D eigenvalue weighted by molar-refractivity contribution is 7.89. The van der Waals surface area contributed by atoms with Gasteiger partial charge in [-0.05, 0) is 43.9 Å². The standard InChI is InChI=1S/C15H22FNO4S/c1-12-5-6-14(16)15(10-12)22(18,19)17-7-3-8-20-11-13-4-2-9-21-13/h5-6,10,13,17H,2-4,7-9,11H2,1H3/t13-/m1/s1. The summed E-state index contributed by atoms with van der Waals surface area (Å²) in [6, 6.07) is 4.02. The average molecular weight is 331 g/mol. The summed E-state index contributed by atoms with van der Waals surface area (Å²) >= 11 is 0. The van der Waals surface area contributed by atoms with Crippen LogP contribution in [0.2, 0.25) is 0 Å². The van der Waals surface area contributed by atoms with E-state index in [2.05, 4.69) is 4.72 Å². The fraction of sp³-hybridized carbons (Fsp3) is 0.600. The minimum absolute atomic E-state index is 0.165. The molecule has 1 aromatic carbocycles. The maximum absolute atomic E-state index is 13.6. The normalized spacial score (nSPS) is 18.7. The van der Waals surface area contributed by atoms with E-state index in [9.17, 15) is 12.8 Å². The van der Waals surface area contributed by atoms with E-state index < -0.39 is 15.8 Å². The molecule has 0 amide bonds. The Morgan fingerprint density at radius 2 is 2.27 bits per heavy atom. The summed E-state index contributed by atoms with van der Waals surface area (Å²) in [4.78, 5) is -0.312. The summed E-state index contributed by atoms with van der Waals surface area (Å²) in [5.74, 6) is -0.743. The van der Waals surface area contributed by atoms with Gasteiger partial charge in [0.25, 0.3) is 0 Å². The van der Waals surface area contributed by atoms with Gasteiger partial charge in [0.05, 0.1) is 12.7 Å². The molecular weight excluding hydrogens is 309 g/mol. The van der Waals surface area contributed by atoms with E-state index in [4.69, 9.17) is 9.47 Å². The van der Waals surface area contributed by atoms with Crippen LogP contribution in [0.3, 0.4) is 0 Å². The van der Waals surface area contributed by atoms with Crippen molar-refractivity contribution in [2.45, 2.75) is 37.2 Å². The number of ether oxygens (including phenoxy) is 2. The average Bonchev–Trinajstić information content (AvgIpc) is 2.98. The van der Waals surface area contributed by atoms with E-state index in [1.807, 2.05) is 0 Å². The highest BCUT2D eigenvalue weighted by atomic mass is 32.2. The predicted octanol–water partition coefficient (Wildman–Crippen LogP) is 2.00. The van der Waals surface area contributed by atoms with Crippen molar-refractivity contribution >= 4 is 10.0 Å². The summed E-state index contributed by atoms with van der Waals surface area (Å²) in [7, 11) is -3.82. The van der Waals surface area contributed by atoms with Crippen LogP contribution in [0.5, 0.6) is 0 Å². The Hall–Kier alpha value is -1.02. The molecule has 1 aliphatic heterocycles. The van der Waals surface area contributed by atoms with Crippen molar-refractivity contribution in [1.82, 2.24) is 4.72 Å². The molecule has 0 radical (unpaired) electrons. The van der Waals surface area contributed by atoms with E-state index in [1.165, 1.54) is 12.1 Å². The van der Waals surface area contributed by atoms with Gasteiger partial charge in [-0.25, -0.2) is 17.5 Å². The van der Waals surface area contributed by atoms with Crippen LogP contribution >= 0.6 is 0 Å². The molecule has 0 aliphatic carbocycles. The lowest BCUT2D eigenvalue weighted by Crippen LogP contribution is -2.27. The first-order valence-electron chi connectivity index (χ1n) is 7.44. The summed E-state index contributed by atoms with van der Waals surface area (Å²) in [5.41, 5.74) is 0.696. The third-order valence-electron chi connectivity index (χ3n) is 3.46. The Morgan fingerprint density at radius 1 is 1.45 bits per heavy atom. The zero-order chi connectivity index (χ0) is 16.0. The van der Waals surface area contributed by atoms with Gasteiger partial charge < -0.3 is 9.47 Å². The highest BCUT2D eigenvalue weighted by Crippen LogP contribution is 2.16. The van der Waals surface area contributed by atoms with Crippen molar-refractivity contribution in [3.63, 3.8) is 0 Å². The van der Waals surface area contributed by atoms with Crippen LogP contribution in [0.4, 0.5) is 4.39 Å². The van der Waals surface area contributed by atoms with E-state index in [-0.39, 0.29) is 17.5 Å². The molecule has 2 rings (SSSR count). The molecule has 1 saturated heterocycles. The summed E-state index contributed by atoms with van der Waals surface area (Å²) < 4.78 is 50.9. The molecule has 1 fully saturated rings. The van der Waals surface area contributed by atoms with Gasteiger partial charge in [0.2, 0.25) is 10.0 Å². The molecule has 0 bridgehead atoms. The van der Waals surface area contributed by atoms with Crippen LogP contribution in [0.1, 0.15) is 24.8 Å². The monoisotopic (exact) mass is 331 g/mol. The minimum Gasteiger partial charge on any atom is -0.379 e. The first-order chi connectivity index (χ1) is 10.5. The Bertz CT molecular complexity index is 585. The number of rotatable bonds is 8. The molecule has 0 spiro atoms. The molecule has 7 heteroatoms. The molecule has 22 heavy (non-hydrogen) atoms. The van der Waals surface area contributed by atoms with Crippen molar-refractivity contribution in [2.75, 3.05) is 26.4 Å². The molecule has 0 unspecified atom stereocenters. The van der Waals surface area contributed by atoms with Crippen LogP contribution in [0.25, 0.3) is 0 Å². The molecular formula is C15H22FNO4S. The number of aryl methyl sites for hydroxylation is 1. The quantitative estimate of drug-likeness (QED) is 0.740.